The van der Waals surface area contributed by atoms with E-state index in [-0.39, 0.29) is 30.8 Å². The van der Waals surface area contributed by atoms with Gasteiger partial charge in [-0.25, -0.2) is 0 Å². The largest absolute Gasteiger partial charge is 0.481 e. The van der Waals surface area contributed by atoms with E-state index in [1.807, 2.05) is 13.8 Å². The summed E-state index contributed by atoms with van der Waals surface area (Å²) in [6, 6.07) is 0. The van der Waals surface area contributed by atoms with Crippen LogP contribution in [0.1, 0.15) is 41.0 Å². The van der Waals surface area contributed by atoms with Crippen molar-refractivity contribution in [2.75, 3.05) is 13.1 Å². The normalized spacial score (nSPS) is 12.9. The van der Waals surface area contributed by atoms with Gasteiger partial charge in [-0.2, -0.15) is 0 Å². The van der Waals surface area contributed by atoms with Crippen molar-refractivity contribution in [1.29, 1.82) is 0 Å². The van der Waals surface area contributed by atoms with Gasteiger partial charge in [-0.05, 0) is 12.3 Å². The molecule has 0 rings (SSSR count). The number of rotatable bonds is 7. The molecule has 0 aromatic carbocycles. The molecule has 0 heterocycles. The lowest BCUT2D eigenvalue weighted by Gasteiger charge is -2.18. The van der Waals surface area contributed by atoms with E-state index in [0.29, 0.717) is 6.42 Å². The molecule has 0 radical (unpaired) electrons. The van der Waals surface area contributed by atoms with Crippen LogP contribution in [0.5, 0.6) is 0 Å². The second kappa shape index (κ2) is 7.87. The Hall–Kier alpha value is -1.59. The van der Waals surface area contributed by atoms with E-state index in [9.17, 15) is 14.4 Å². The van der Waals surface area contributed by atoms with Gasteiger partial charge < -0.3 is 15.7 Å². The van der Waals surface area contributed by atoms with Gasteiger partial charge in [-0.15, -0.1) is 0 Å². The molecule has 0 fully saturated rings. The highest BCUT2D eigenvalue weighted by atomic mass is 16.4. The first-order chi connectivity index (χ1) is 9.04. The van der Waals surface area contributed by atoms with Crippen LogP contribution in [-0.2, 0) is 14.4 Å². The number of carboxylic acids is 1. The molecule has 0 bridgehead atoms. The molecule has 20 heavy (non-hydrogen) atoms. The molecule has 6 heteroatoms. The first-order valence-electron chi connectivity index (χ1n) is 6.81. The standard InChI is InChI=1S/C14H26N2O4/c1-9(2)6-10(12(18)19)7-15-11(17)8-16-13(20)14(3,4)5/h9-10H,6-8H2,1-5H3,(H,15,17)(H,16,20)(H,18,19). The third kappa shape index (κ3) is 7.76. The van der Waals surface area contributed by atoms with Crippen LogP contribution in [0, 0.1) is 17.3 Å². The minimum atomic E-state index is -0.919. The van der Waals surface area contributed by atoms with Gasteiger partial charge in [0.05, 0.1) is 12.5 Å². The third-order valence-electron chi connectivity index (χ3n) is 2.74. The molecule has 6 nitrogen and oxygen atoms in total. The number of carbonyl (C=O) groups excluding carboxylic acids is 2. The van der Waals surface area contributed by atoms with Crippen molar-refractivity contribution in [2.24, 2.45) is 17.3 Å². The molecule has 2 amide bonds. The highest BCUT2D eigenvalue weighted by Crippen LogP contribution is 2.12. The molecule has 0 aliphatic heterocycles. The smallest absolute Gasteiger partial charge is 0.308 e. The summed E-state index contributed by atoms with van der Waals surface area (Å²) in [5.74, 6) is -1.87. The molecule has 0 spiro atoms. The Labute approximate surface area is 120 Å². The molecule has 116 valence electrons. The fourth-order valence-corrected chi connectivity index (χ4v) is 1.57. The maximum Gasteiger partial charge on any atom is 0.308 e. The Bertz CT molecular complexity index is 359. The predicted molar refractivity (Wildman–Crippen MR) is 76.1 cm³/mol. The maximum atomic E-state index is 11.6. The topological polar surface area (TPSA) is 95.5 Å². The summed E-state index contributed by atoms with van der Waals surface area (Å²) in [7, 11) is 0. The van der Waals surface area contributed by atoms with Crippen LogP contribution < -0.4 is 10.6 Å². The number of aliphatic carboxylic acids is 1. The van der Waals surface area contributed by atoms with Crippen molar-refractivity contribution in [3.63, 3.8) is 0 Å². The minimum absolute atomic E-state index is 0.0811. The fraction of sp³-hybridized carbons (Fsp3) is 0.786. The van der Waals surface area contributed by atoms with E-state index >= 15 is 0 Å². The van der Waals surface area contributed by atoms with Crippen molar-refractivity contribution in [3.8, 4) is 0 Å². The van der Waals surface area contributed by atoms with Gasteiger partial charge in [0.15, 0.2) is 0 Å². The summed E-state index contributed by atoms with van der Waals surface area (Å²) in [6.45, 7) is 9.07. The van der Waals surface area contributed by atoms with Gasteiger partial charge in [0.2, 0.25) is 11.8 Å². The third-order valence-corrected chi connectivity index (χ3v) is 2.74. The van der Waals surface area contributed by atoms with E-state index in [2.05, 4.69) is 10.6 Å². The lowest BCUT2D eigenvalue weighted by atomic mass is 9.96. The summed E-state index contributed by atoms with van der Waals surface area (Å²) >= 11 is 0. The van der Waals surface area contributed by atoms with Gasteiger partial charge in [0, 0.05) is 12.0 Å². The van der Waals surface area contributed by atoms with E-state index in [0.717, 1.165) is 0 Å². The molecule has 0 saturated carbocycles. The predicted octanol–water partition coefficient (Wildman–Crippen LogP) is 1.01. The molecule has 1 unspecified atom stereocenters. The highest BCUT2D eigenvalue weighted by Gasteiger charge is 2.22. The maximum absolute atomic E-state index is 11.6. The average molecular weight is 286 g/mol. The van der Waals surface area contributed by atoms with Crippen LogP contribution in [0.15, 0.2) is 0 Å². The van der Waals surface area contributed by atoms with Crippen LogP contribution in [0.2, 0.25) is 0 Å². The van der Waals surface area contributed by atoms with E-state index in [1.165, 1.54) is 0 Å². The van der Waals surface area contributed by atoms with E-state index < -0.39 is 17.3 Å². The van der Waals surface area contributed by atoms with E-state index in [4.69, 9.17) is 5.11 Å². The van der Waals surface area contributed by atoms with Gasteiger partial charge in [0.25, 0.3) is 0 Å². The quantitative estimate of drug-likeness (QED) is 0.651. The summed E-state index contributed by atoms with van der Waals surface area (Å²) in [4.78, 5) is 34.2. The van der Waals surface area contributed by atoms with Crippen molar-refractivity contribution >= 4 is 17.8 Å². The Balaban J connectivity index is 4.15. The molecule has 3 N–H and O–H groups in total. The molecule has 0 aromatic rings. The molecule has 1 atom stereocenters. The van der Waals surface area contributed by atoms with Crippen molar-refractivity contribution in [1.82, 2.24) is 10.6 Å². The lowest BCUT2D eigenvalue weighted by Crippen LogP contribution is -2.43. The fourth-order valence-electron chi connectivity index (χ4n) is 1.57. The Morgan fingerprint density at radius 3 is 2.05 bits per heavy atom. The number of carbonyl (C=O) groups is 3. The Kier molecular flexibility index (Phi) is 7.24. The second-order valence-electron chi connectivity index (χ2n) is 6.40. The van der Waals surface area contributed by atoms with Gasteiger partial charge in [-0.3, -0.25) is 14.4 Å². The zero-order chi connectivity index (χ0) is 15.9. The number of amides is 2. The minimum Gasteiger partial charge on any atom is -0.481 e. The van der Waals surface area contributed by atoms with Gasteiger partial charge >= 0.3 is 5.97 Å². The zero-order valence-corrected chi connectivity index (χ0v) is 12.9. The molecule has 0 aliphatic rings. The zero-order valence-electron chi connectivity index (χ0n) is 12.9. The van der Waals surface area contributed by atoms with Gasteiger partial charge in [0.1, 0.15) is 0 Å². The van der Waals surface area contributed by atoms with E-state index in [1.54, 1.807) is 20.8 Å². The van der Waals surface area contributed by atoms with Crippen LogP contribution in [0.25, 0.3) is 0 Å². The van der Waals surface area contributed by atoms with Crippen molar-refractivity contribution in [2.45, 2.75) is 41.0 Å². The lowest BCUT2D eigenvalue weighted by molar-refractivity contribution is -0.142. The molecule has 0 aliphatic carbocycles. The highest BCUT2D eigenvalue weighted by molar-refractivity contribution is 5.87. The summed E-state index contributed by atoms with van der Waals surface area (Å²) in [5, 5.41) is 14.1. The van der Waals surface area contributed by atoms with Crippen molar-refractivity contribution < 1.29 is 19.5 Å². The van der Waals surface area contributed by atoms with Gasteiger partial charge in [-0.1, -0.05) is 34.6 Å². The molecular weight excluding hydrogens is 260 g/mol. The summed E-state index contributed by atoms with van der Waals surface area (Å²) in [6.07, 6.45) is 0.504. The van der Waals surface area contributed by atoms with Crippen LogP contribution in [-0.4, -0.2) is 36.0 Å². The summed E-state index contributed by atoms with van der Waals surface area (Å²) < 4.78 is 0. The number of carboxylic acid groups (broad SMARTS) is 1. The number of hydrogen-bond donors (Lipinski definition) is 3. The molecule has 0 saturated heterocycles. The summed E-state index contributed by atoms with van der Waals surface area (Å²) in [5.41, 5.74) is -0.554. The van der Waals surface area contributed by atoms with Crippen molar-refractivity contribution in [3.05, 3.63) is 0 Å². The van der Waals surface area contributed by atoms with Crippen LogP contribution in [0.3, 0.4) is 0 Å². The molecular formula is C14H26N2O4. The van der Waals surface area contributed by atoms with Crippen LogP contribution >= 0.6 is 0 Å². The number of nitrogens with one attached hydrogen (secondary N) is 2. The Morgan fingerprint density at radius 1 is 1.10 bits per heavy atom. The average Bonchev–Trinajstić information content (AvgIpc) is 2.29. The Morgan fingerprint density at radius 2 is 1.65 bits per heavy atom. The monoisotopic (exact) mass is 286 g/mol. The molecule has 0 aromatic heterocycles. The SMILES string of the molecule is CC(C)CC(CNC(=O)CNC(=O)C(C)(C)C)C(=O)O. The van der Waals surface area contributed by atoms with Crippen LogP contribution in [0.4, 0.5) is 0 Å². The first-order valence-corrected chi connectivity index (χ1v) is 6.81. The number of hydrogen-bond acceptors (Lipinski definition) is 3. The second-order valence-corrected chi connectivity index (χ2v) is 6.40. The first kappa shape index (κ1) is 18.4.